The molecule has 0 saturated carbocycles. The molecule has 1 unspecified atom stereocenters. The van der Waals surface area contributed by atoms with Crippen LogP contribution in [0, 0.1) is 17.7 Å². The van der Waals surface area contributed by atoms with Crippen molar-refractivity contribution in [2.24, 2.45) is 5.73 Å². The van der Waals surface area contributed by atoms with Crippen LogP contribution in [-0.2, 0) is 4.79 Å². The van der Waals surface area contributed by atoms with Gasteiger partial charge in [-0.3, -0.25) is 9.59 Å². The van der Waals surface area contributed by atoms with Gasteiger partial charge in [0.2, 0.25) is 5.91 Å². The van der Waals surface area contributed by atoms with Crippen molar-refractivity contribution < 1.29 is 19.1 Å². The van der Waals surface area contributed by atoms with Crippen molar-refractivity contribution in [2.75, 3.05) is 13.2 Å². The number of primary amides is 1. The van der Waals surface area contributed by atoms with Crippen LogP contribution in [0.5, 0.6) is 0 Å². The SMILES string of the molecule is NC(=O)C1CCCN1C(=O)c1cc(C#CCO)ccc1F. The highest BCUT2D eigenvalue weighted by Crippen LogP contribution is 2.21. The van der Waals surface area contributed by atoms with Crippen LogP contribution in [0.1, 0.15) is 28.8 Å². The van der Waals surface area contributed by atoms with Gasteiger partial charge in [-0.2, -0.15) is 0 Å². The topological polar surface area (TPSA) is 83.6 Å². The summed E-state index contributed by atoms with van der Waals surface area (Å²) in [5.41, 5.74) is 5.54. The average Bonchev–Trinajstić information content (AvgIpc) is 2.95. The fraction of sp³-hybridized carbons (Fsp3) is 0.333. The van der Waals surface area contributed by atoms with Gasteiger partial charge in [0, 0.05) is 12.1 Å². The van der Waals surface area contributed by atoms with E-state index in [1.807, 2.05) is 0 Å². The molecule has 2 amide bonds. The molecule has 1 aromatic carbocycles. The predicted molar refractivity (Wildman–Crippen MR) is 73.6 cm³/mol. The van der Waals surface area contributed by atoms with E-state index in [0.29, 0.717) is 24.9 Å². The fourth-order valence-corrected chi connectivity index (χ4v) is 2.37. The maximum absolute atomic E-state index is 13.9. The molecule has 6 heteroatoms. The van der Waals surface area contributed by atoms with Crippen LogP contribution in [0.25, 0.3) is 0 Å². The largest absolute Gasteiger partial charge is 0.384 e. The van der Waals surface area contributed by atoms with E-state index >= 15 is 0 Å². The third-order valence-corrected chi connectivity index (χ3v) is 3.35. The Morgan fingerprint density at radius 2 is 2.24 bits per heavy atom. The summed E-state index contributed by atoms with van der Waals surface area (Å²) in [5, 5.41) is 8.65. The molecule has 1 heterocycles. The molecule has 1 fully saturated rings. The van der Waals surface area contributed by atoms with Crippen LogP contribution in [-0.4, -0.2) is 41.0 Å². The lowest BCUT2D eigenvalue weighted by atomic mass is 10.1. The Hall–Kier alpha value is -2.39. The van der Waals surface area contributed by atoms with E-state index in [1.165, 1.54) is 17.0 Å². The highest BCUT2D eigenvalue weighted by molar-refractivity contribution is 5.98. The second-order valence-electron chi connectivity index (χ2n) is 4.71. The van der Waals surface area contributed by atoms with Crippen molar-refractivity contribution in [1.29, 1.82) is 0 Å². The molecule has 0 bridgehead atoms. The van der Waals surface area contributed by atoms with Crippen LogP contribution in [0.15, 0.2) is 18.2 Å². The first kappa shape index (κ1) is 15.0. The van der Waals surface area contributed by atoms with Gasteiger partial charge in [0.05, 0.1) is 5.56 Å². The van der Waals surface area contributed by atoms with Crippen molar-refractivity contribution in [3.05, 3.63) is 35.1 Å². The van der Waals surface area contributed by atoms with Crippen LogP contribution >= 0.6 is 0 Å². The molecule has 110 valence electrons. The number of benzene rings is 1. The van der Waals surface area contributed by atoms with Gasteiger partial charge < -0.3 is 15.7 Å². The molecule has 21 heavy (non-hydrogen) atoms. The number of hydrogen-bond donors (Lipinski definition) is 2. The van der Waals surface area contributed by atoms with Crippen LogP contribution in [0.4, 0.5) is 4.39 Å². The summed E-state index contributed by atoms with van der Waals surface area (Å²) in [4.78, 5) is 25.0. The average molecular weight is 290 g/mol. The van der Waals surface area contributed by atoms with E-state index in [0.717, 1.165) is 6.07 Å². The van der Waals surface area contributed by atoms with Crippen molar-refractivity contribution >= 4 is 11.8 Å². The Labute approximate surface area is 121 Å². The van der Waals surface area contributed by atoms with Crippen LogP contribution < -0.4 is 5.73 Å². The summed E-state index contributed by atoms with van der Waals surface area (Å²) < 4.78 is 13.9. The Balaban J connectivity index is 2.32. The smallest absolute Gasteiger partial charge is 0.257 e. The molecule has 1 aromatic rings. The Kier molecular flexibility index (Phi) is 4.55. The molecule has 0 aromatic heterocycles. The van der Waals surface area contributed by atoms with Gasteiger partial charge in [-0.05, 0) is 31.0 Å². The predicted octanol–water partition coefficient (Wildman–Crippen LogP) is 0.259. The molecule has 2 rings (SSSR count). The van der Waals surface area contributed by atoms with Crippen LogP contribution in [0.2, 0.25) is 0 Å². The summed E-state index contributed by atoms with van der Waals surface area (Å²) in [5.74, 6) is 3.21. The van der Waals surface area contributed by atoms with Crippen molar-refractivity contribution in [1.82, 2.24) is 4.90 Å². The molecule has 1 saturated heterocycles. The summed E-state index contributed by atoms with van der Waals surface area (Å²) in [6, 6.07) is 3.19. The van der Waals surface area contributed by atoms with Crippen LogP contribution in [0.3, 0.4) is 0 Å². The third-order valence-electron chi connectivity index (χ3n) is 3.35. The second-order valence-corrected chi connectivity index (χ2v) is 4.71. The molecule has 1 aliphatic rings. The minimum Gasteiger partial charge on any atom is -0.384 e. The molecule has 0 radical (unpaired) electrons. The monoisotopic (exact) mass is 290 g/mol. The number of amides is 2. The minimum atomic E-state index is -0.691. The van der Waals surface area contributed by atoms with E-state index in [1.54, 1.807) is 0 Å². The highest BCUT2D eigenvalue weighted by Gasteiger charge is 2.34. The maximum Gasteiger partial charge on any atom is 0.257 e. The highest BCUT2D eigenvalue weighted by atomic mass is 19.1. The standard InChI is InChI=1S/C15H15FN2O3/c16-12-6-5-10(3-2-8-19)9-11(12)15(21)18-7-1-4-13(18)14(17)20/h5-6,9,13,19H,1,4,7-8H2,(H2,17,20). The number of aliphatic hydroxyl groups excluding tert-OH is 1. The normalized spacial score (nSPS) is 17.2. The maximum atomic E-state index is 13.9. The lowest BCUT2D eigenvalue weighted by Gasteiger charge is -2.22. The van der Waals surface area contributed by atoms with Gasteiger partial charge in [-0.15, -0.1) is 0 Å². The van der Waals surface area contributed by atoms with Crippen molar-refractivity contribution in [3.8, 4) is 11.8 Å². The summed E-state index contributed by atoms with van der Waals surface area (Å²) in [6.07, 6.45) is 1.15. The number of carbonyl (C=O) groups excluding carboxylic acids is 2. The Morgan fingerprint density at radius 1 is 1.48 bits per heavy atom. The van der Waals surface area contributed by atoms with Crippen molar-refractivity contribution in [2.45, 2.75) is 18.9 Å². The van der Waals surface area contributed by atoms with Gasteiger partial charge in [0.15, 0.2) is 0 Å². The van der Waals surface area contributed by atoms with Gasteiger partial charge in [-0.1, -0.05) is 11.8 Å². The molecule has 0 spiro atoms. The lowest BCUT2D eigenvalue weighted by Crippen LogP contribution is -2.43. The summed E-state index contributed by atoms with van der Waals surface area (Å²) in [7, 11) is 0. The number of nitrogens with zero attached hydrogens (tertiary/aromatic N) is 1. The number of nitrogens with two attached hydrogens (primary N) is 1. The molecule has 0 aliphatic carbocycles. The molecular weight excluding hydrogens is 275 g/mol. The molecular formula is C15H15FN2O3. The molecule has 1 aliphatic heterocycles. The zero-order valence-electron chi connectivity index (χ0n) is 11.3. The van der Waals surface area contributed by atoms with Crippen molar-refractivity contribution in [3.63, 3.8) is 0 Å². The minimum absolute atomic E-state index is 0.145. The number of halogens is 1. The number of rotatable bonds is 2. The number of aliphatic hydroxyl groups is 1. The van der Waals surface area contributed by atoms with Gasteiger partial charge in [0.1, 0.15) is 18.5 Å². The van der Waals surface area contributed by atoms with E-state index in [-0.39, 0.29) is 12.2 Å². The van der Waals surface area contributed by atoms with Gasteiger partial charge in [0.25, 0.3) is 5.91 Å². The van der Waals surface area contributed by atoms with Gasteiger partial charge >= 0.3 is 0 Å². The fourth-order valence-electron chi connectivity index (χ4n) is 2.37. The van der Waals surface area contributed by atoms with Gasteiger partial charge in [-0.25, -0.2) is 4.39 Å². The van der Waals surface area contributed by atoms with E-state index in [2.05, 4.69) is 11.8 Å². The number of carbonyl (C=O) groups is 2. The quantitative estimate of drug-likeness (QED) is 0.766. The Morgan fingerprint density at radius 3 is 2.90 bits per heavy atom. The first-order valence-corrected chi connectivity index (χ1v) is 6.54. The first-order chi connectivity index (χ1) is 10.0. The zero-order chi connectivity index (χ0) is 15.4. The summed E-state index contributed by atoms with van der Waals surface area (Å²) in [6.45, 7) is 0.0506. The number of likely N-dealkylation sites (tertiary alicyclic amines) is 1. The molecule has 1 atom stereocenters. The van der Waals surface area contributed by atoms with E-state index in [4.69, 9.17) is 10.8 Å². The van der Waals surface area contributed by atoms with E-state index < -0.39 is 23.7 Å². The van der Waals surface area contributed by atoms with E-state index in [9.17, 15) is 14.0 Å². The second kappa shape index (κ2) is 6.37. The number of hydrogen-bond acceptors (Lipinski definition) is 3. The first-order valence-electron chi connectivity index (χ1n) is 6.54. The summed E-state index contributed by atoms with van der Waals surface area (Å²) >= 11 is 0. The molecule has 3 N–H and O–H groups in total. The zero-order valence-corrected chi connectivity index (χ0v) is 11.3. The lowest BCUT2D eigenvalue weighted by molar-refractivity contribution is -0.121. The Bertz CT molecular complexity index is 634. The molecule has 5 nitrogen and oxygen atoms in total. The third kappa shape index (κ3) is 3.20.